The summed E-state index contributed by atoms with van der Waals surface area (Å²) in [6.07, 6.45) is 1.94. The summed E-state index contributed by atoms with van der Waals surface area (Å²) < 4.78 is 5.55. The average Bonchev–Trinajstić information content (AvgIpc) is 2.39. The largest absolute Gasteiger partial charge is 0.493 e. The van der Waals surface area contributed by atoms with E-state index in [1.54, 1.807) is 13.0 Å². The first kappa shape index (κ1) is 15.7. The molecule has 0 amide bonds. The Morgan fingerprint density at radius 3 is 2.70 bits per heavy atom. The molecule has 0 aliphatic carbocycles. The van der Waals surface area contributed by atoms with Gasteiger partial charge in [-0.1, -0.05) is 5.16 Å². The van der Waals surface area contributed by atoms with Crippen LogP contribution < -0.4 is 10.5 Å². The van der Waals surface area contributed by atoms with Gasteiger partial charge in [0, 0.05) is 12.0 Å². The fourth-order valence-corrected chi connectivity index (χ4v) is 1.81. The lowest BCUT2D eigenvalue weighted by molar-refractivity contribution is -0.385. The van der Waals surface area contributed by atoms with E-state index in [9.17, 15) is 10.1 Å². The lowest BCUT2D eigenvalue weighted by Gasteiger charge is -2.10. The monoisotopic (exact) mass is 281 g/mol. The van der Waals surface area contributed by atoms with E-state index in [1.165, 1.54) is 6.07 Å². The second-order valence-corrected chi connectivity index (χ2v) is 4.56. The molecule has 1 rings (SSSR count). The number of hydrogen-bond acceptors (Lipinski definition) is 5. The summed E-state index contributed by atoms with van der Waals surface area (Å²) in [6.45, 7) is 3.98. The maximum Gasteiger partial charge on any atom is 0.276 e. The van der Waals surface area contributed by atoms with Crippen LogP contribution in [0.4, 0.5) is 5.69 Å². The van der Waals surface area contributed by atoms with Gasteiger partial charge in [0.2, 0.25) is 0 Å². The zero-order chi connectivity index (χ0) is 15.1. The van der Waals surface area contributed by atoms with Crippen molar-refractivity contribution in [3.8, 4) is 5.75 Å². The molecule has 7 nitrogen and oxygen atoms in total. The summed E-state index contributed by atoms with van der Waals surface area (Å²) in [7, 11) is 0. The molecular formula is C13H19N3O4. The van der Waals surface area contributed by atoms with Crippen LogP contribution in [0.3, 0.4) is 0 Å². The van der Waals surface area contributed by atoms with Crippen molar-refractivity contribution in [3.05, 3.63) is 33.4 Å². The van der Waals surface area contributed by atoms with Gasteiger partial charge in [0.05, 0.1) is 17.6 Å². The molecule has 20 heavy (non-hydrogen) atoms. The number of nitrogens with zero attached hydrogens (tertiary/aromatic N) is 2. The lowest BCUT2D eigenvalue weighted by atomic mass is 10.1. The molecule has 110 valence electrons. The first-order valence-corrected chi connectivity index (χ1v) is 6.30. The number of aryl methyl sites for hydroxylation is 2. The van der Waals surface area contributed by atoms with Crippen LogP contribution in [0.5, 0.6) is 5.75 Å². The number of nitro groups is 1. The van der Waals surface area contributed by atoms with E-state index in [2.05, 4.69) is 5.16 Å². The Balaban J connectivity index is 2.56. The van der Waals surface area contributed by atoms with E-state index in [4.69, 9.17) is 15.7 Å². The summed E-state index contributed by atoms with van der Waals surface area (Å²) in [5.74, 6) is 0.707. The minimum absolute atomic E-state index is 0.0576. The van der Waals surface area contributed by atoms with Gasteiger partial charge in [-0.3, -0.25) is 10.1 Å². The summed E-state index contributed by atoms with van der Waals surface area (Å²) in [5, 5.41) is 22.1. The first-order chi connectivity index (χ1) is 9.45. The van der Waals surface area contributed by atoms with Crippen LogP contribution >= 0.6 is 0 Å². The van der Waals surface area contributed by atoms with Gasteiger partial charge < -0.3 is 15.7 Å². The van der Waals surface area contributed by atoms with Crippen molar-refractivity contribution in [1.29, 1.82) is 0 Å². The smallest absolute Gasteiger partial charge is 0.276 e. The van der Waals surface area contributed by atoms with Gasteiger partial charge in [-0.2, -0.15) is 0 Å². The number of ether oxygens (including phenoxy) is 1. The third-order valence-electron chi connectivity index (χ3n) is 2.90. The summed E-state index contributed by atoms with van der Waals surface area (Å²) in [5.41, 5.74) is 6.88. The normalized spacial score (nSPS) is 11.4. The highest BCUT2D eigenvalue weighted by atomic mass is 16.6. The van der Waals surface area contributed by atoms with Crippen molar-refractivity contribution in [2.75, 3.05) is 6.61 Å². The lowest BCUT2D eigenvalue weighted by Crippen LogP contribution is -2.11. The standard InChI is InChI=1S/C13H19N3O4/c1-9-7-10(2)12(8-11(9)16(18)19)20-6-4-3-5-13(14)15-17/h7-8,17H,3-6H2,1-2H3,(H2,14,15). The number of oxime groups is 1. The van der Waals surface area contributed by atoms with Crippen LogP contribution in [0.25, 0.3) is 0 Å². The highest BCUT2D eigenvalue weighted by Gasteiger charge is 2.14. The molecule has 0 atom stereocenters. The topological polar surface area (TPSA) is 111 Å². The fraction of sp³-hybridized carbons (Fsp3) is 0.462. The van der Waals surface area contributed by atoms with Crippen LogP contribution in [0, 0.1) is 24.0 Å². The van der Waals surface area contributed by atoms with E-state index >= 15 is 0 Å². The highest BCUT2D eigenvalue weighted by molar-refractivity contribution is 5.79. The van der Waals surface area contributed by atoms with Crippen molar-refractivity contribution in [2.24, 2.45) is 10.9 Å². The van der Waals surface area contributed by atoms with E-state index in [0.29, 0.717) is 24.3 Å². The second kappa shape index (κ2) is 7.32. The number of nitrogens with two attached hydrogens (primary N) is 1. The molecule has 0 aliphatic rings. The molecule has 0 spiro atoms. The summed E-state index contributed by atoms with van der Waals surface area (Å²) >= 11 is 0. The summed E-state index contributed by atoms with van der Waals surface area (Å²) in [6, 6.07) is 3.19. The molecule has 0 aromatic heterocycles. The van der Waals surface area contributed by atoms with Crippen LogP contribution in [0.2, 0.25) is 0 Å². The maximum absolute atomic E-state index is 10.9. The molecule has 0 fully saturated rings. The SMILES string of the molecule is Cc1cc(C)c([N+](=O)[O-])cc1OCCCC/C(N)=N/O. The molecule has 7 heteroatoms. The summed E-state index contributed by atoms with van der Waals surface area (Å²) in [4.78, 5) is 10.5. The molecular weight excluding hydrogens is 262 g/mol. The molecule has 0 radical (unpaired) electrons. The van der Waals surface area contributed by atoms with E-state index in [0.717, 1.165) is 18.4 Å². The van der Waals surface area contributed by atoms with Crippen molar-refractivity contribution in [1.82, 2.24) is 0 Å². The van der Waals surface area contributed by atoms with Crippen molar-refractivity contribution >= 4 is 11.5 Å². The minimum atomic E-state index is -0.417. The van der Waals surface area contributed by atoms with Gasteiger partial charge in [0.25, 0.3) is 5.69 Å². The van der Waals surface area contributed by atoms with Crippen LogP contribution in [-0.4, -0.2) is 22.6 Å². The second-order valence-electron chi connectivity index (χ2n) is 4.56. The molecule has 0 saturated carbocycles. The quantitative estimate of drug-likeness (QED) is 0.199. The Morgan fingerprint density at radius 1 is 1.40 bits per heavy atom. The zero-order valence-corrected chi connectivity index (χ0v) is 11.6. The van der Waals surface area contributed by atoms with Crippen molar-refractivity contribution < 1.29 is 14.9 Å². The zero-order valence-electron chi connectivity index (χ0n) is 11.6. The fourth-order valence-electron chi connectivity index (χ4n) is 1.81. The number of benzene rings is 1. The van der Waals surface area contributed by atoms with Gasteiger partial charge in [0.15, 0.2) is 0 Å². The van der Waals surface area contributed by atoms with E-state index in [-0.39, 0.29) is 11.5 Å². The van der Waals surface area contributed by atoms with Gasteiger partial charge >= 0.3 is 0 Å². The predicted molar refractivity (Wildman–Crippen MR) is 75.3 cm³/mol. The number of rotatable bonds is 7. The number of amidine groups is 1. The Bertz CT molecular complexity index is 515. The molecule has 0 aliphatic heterocycles. The van der Waals surface area contributed by atoms with Crippen LogP contribution in [0.15, 0.2) is 17.3 Å². The van der Waals surface area contributed by atoms with Gasteiger partial charge in [0.1, 0.15) is 11.6 Å². The Morgan fingerprint density at radius 2 is 2.10 bits per heavy atom. The minimum Gasteiger partial charge on any atom is -0.493 e. The molecule has 3 N–H and O–H groups in total. The molecule has 0 heterocycles. The third kappa shape index (κ3) is 4.42. The van der Waals surface area contributed by atoms with Crippen LogP contribution in [0.1, 0.15) is 30.4 Å². The molecule has 1 aromatic rings. The van der Waals surface area contributed by atoms with E-state index < -0.39 is 4.92 Å². The van der Waals surface area contributed by atoms with Crippen molar-refractivity contribution in [2.45, 2.75) is 33.1 Å². The van der Waals surface area contributed by atoms with Gasteiger partial charge in [-0.25, -0.2) is 0 Å². The molecule has 0 unspecified atom stereocenters. The van der Waals surface area contributed by atoms with Gasteiger partial charge in [-0.15, -0.1) is 0 Å². The van der Waals surface area contributed by atoms with Crippen molar-refractivity contribution in [3.63, 3.8) is 0 Å². The van der Waals surface area contributed by atoms with E-state index in [1.807, 2.05) is 6.92 Å². The molecule has 1 aromatic carbocycles. The predicted octanol–water partition coefficient (Wildman–Crippen LogP) is 2.51. The Kier molecular flexibility index (Phi) is 5.76. The molecule has 0 saturated heterocycles. The molecule has 0 bridgehead atoms. The number of unbranched alkanes of at least 4 members (excludes halogenated alkanes) is 1. The number of nitro benzene ring substituents is 1. The average molecular weight is 281 g/mol. The van der Waals surface area contributed by atoms with Gasteiger partial charge in [-0.05, 0) is 38.3 Å². The Hall–Kier alpha value is -2.31. The third-order valence-corrected chi connectivity index (χ3v) is 2.90. The van der Waals surface area contributed by atoms with Crippen LogP contribution in [-0.2, 0) is 0 Å². The highest BCUT2D eigenvalue weighted by Crippen LogP contribution is 2.28. The first-order valence-electron chi connectivity index (χ1n) is 6.30. The maximum atomic E-state index is 10.9. The Labute approximate surface area is 117 Å². The number of hydrogen-bond donors (Lipinski definition) is 2.